The predicted octanol–water partition coefficient (Wildman–Crippen LogP) is 3.13. The van der Waals surface area contributed by atoms with E-state index in [9.17, 15) is 9.18 Å². The molecule has 3 rings (SSSR count). The lowest BCUT2D eigenvalue weighted by molar-refractivity contribution is 0.103. The van der Waals surface area contributed by atoms with Gasteiger partial charge in [0, 0.05) is 23.3 Å². The number of aromatic amines is 1. The van der Waals surface area contributed by atoms with Crippen molar-refractivity contribution in [2.45, 2.75) is 13.8 Å². The number of fused-ring (bicyclic) bond motifs is 1. The maximum Gasteiger partial charge on any atom is 0.198 e. The van der Waals surface area contributed by atoms with Gasteiger partial charge in [-0.15, -0.1) is 0 Å². The van der Waals surface area contributed by atoms with Gasteiger partial charge in [-0.25, -0.2) is 9.37 Å². The van der Waals surface area contributed by atoms with E-state index in [0.717, 1.165) is 5.56 Å². The highest BCUT2D eigenvalue weighted by Crippen LogP contribution is 2.26. The van der Waals surface area contributed by atoms with Crippen LogP contribution in [0.4, 0.5) is 10.1 Å². The van der Waals surface area contributed by atoms with Gasteiger partial charge in [0.25, 0.3) is 0 Å². The molecule has 2 heterocycles. The zero-order valence-corrected chi connectivity index (χ0v) is 11.7. The molecule has 0 aliphatic heterocycles. The number of aryl methyl sites for hydroxylation is 2. The summed E-state index contributed by atoms with van der Waals surface area (Å²) in [7, 11) is 0. The number of H-pyrrole nitrogens is 1. The molecule has 5 heteroatoms. The first kappa shape index (κ1) is 13.3. The molecule has 1 aromatic carbocycles. The smallest absolute Gasteiger partial charge is 0.198 e. The van der Waals surface area contributed by atoms with Gasteiger partial charge in [0.2, 0.25) is 0 Å². The molecule has 2 aromatic heterocycles. The largest absolute Gasteiger partial charge is 0.396 e. The van der Waals surface area contributed by atoms with Crippen LogP contribution in [0.25, 0.3) is 11.0 Å². The Labute approximate surface area is 120 Å². The highest BCUT2D eigenvalue weighted by molar-refractivity contribution is 6.17. The van der Waals surface area contributed by atoms with E-state index in [1.165, 1.54) is 6.07 Å². The SMILES string of the molecule is Cc1cnc2[nH]cc(C(=O)c3c(C)ccc(N)c3F)c2c1. The number of carbonyl (C=O) groups excluding carboxylic acids is 1. The highest BCUT2D eigenvalue weighted by atomic mass is 19.1. The van der Waals surface area contributed by atoms with Crippen molar-refractivity contribution in [2.75, 3.05) is 5.73 Å². The fourth-order valence-electron chi connectivity index (χ4n) is 2.40. The van der Waals surface area contributed by atoms with Gasteiger partial charge in [-0.2, -0.15) is 0 Å². The van der Waals surface area contributed by atoms with E-state index in [0.29, 0.717) is 22.2 Å². The number of benzene rings is 1. The van der Waals surface area contributed by atoms with E-state index in [1.807, 2.05) is 13.0 Å². The van der Waals surface area contributed by atoms with Crippen LogP contribution < -0.4 is 5.73 Å². The molecule has 0 aliphatic rings. The Hall–Kier alpha value is -2.69. The third-order valence-corrected chi connectivity index (χ3v) is 3.52. The molecule has 0 radical (unpaired) electrons. The lowest BCUT2D eigenvalue weighted by Crippen LogP contribution is -2.08. The summed E-state index contributed by atoms with van der Waals surface area (Å²) in [6.45, 7) is 3.58. The van der Waals surface area contributed by atoms with Crippen molar-refractivity contribution in [3.8, 4) is 0 Å². The number of nitrogens with one attached hydrogen (secondary N) is 1. The molecule has 0 fully saturated rings. The van der Waals surface area contributed by atoms with E-state index < -0.39 is 11.6 Å². The summed E-state index contributed by atoms with van der Waals surface area (Å²) in [5.41, 5.74) is 8.04. The number of rotatable bonds is 2. The van der Waals surface area contributed by atoms with Crippen LogP contribution in [-0.4, -0.2) is 15.8 Å². The minimum atomic E-state index is -0.671. The Morgan fingerprint density at radius 3 is 2.86 bits per heavy atom. The number of hydrogen-bond acceptors (Lipinski definition) is 3. The van der Waals surface area contributed by atoms with Gasteiger partial charge in [0.15, 0.2) is 11.6 Å². The molecule has 3 aromatic rings. The Kier molecular flexibility index (Phi) is 2.97. The van der Waals surface area contributed by atoms with Gasteiger partial charge in [-0.05, 0) is 37.1 Å². The first-order valence-electron chi connectivity index (χ1n) is 6.52. The molecule has 106 valence electrons. The Bertz CT molecular complexity index is 867. The molecule has 0 amide bonds. The number of ketones is 1. The number of aromatic nitrogens is 2. The molecular weight excluding hydrogens is 269 g/mol. The summed E-state index contributed by atoms with van der Waals surface area (Å²) in [5.74, 6) is -1.06. The molecule has 0 unspecified atom stereocenters. The summed E-state index contributed by atoms with van der Waals surface area (Å²) in [6, 6.07) is 4.96. The van der Waals surface area contributed by atoms with Crippen LogP contribution in [0.5, 0.6) is 0 Å². The molecular formula is C16H14FN3O. The Morgan fingerprint density at radius 1 is 1.33 bits per heavy atom. The molecule has 0 saturated heterocycles. The average Bonchev–Trinajstić information content (AvgIpc) is 2.86. The number of nitrogens with zero attached hydrogens (tertiary/aromatic N) is 1. The summed E-state index contributed by atoms with van der Waals surface area (Å²) in [6.07, 6.45) is 3.26. The minimum Gasteiger partial charge on any atom is -0.396 e. The first-order valence-corrected chi connectivity index (χ1v) is 6.52. The Balaban J connectivity index is 2.22. The normalized spacial score (nSPS) is 11.0. The molecule has 0 saturated carbocycles. The van der Waals surface area contributed by atoms with Gasteiger partial charge in [0.1, 0.15) is 5.65 Å². The number of nitrogen functional groups attached to an aromatic ring is 1. The van der Waals surface area contributed by atoms with Crippen LogP contribution in [0.15, 0.2) is 30.6 Å². The van der Waals surface area contributed by atoms with Gasteiger partial charge in [-0.1, -0.05) is 6.07 Å². The van der Waals surface area contributed by atoms with Crippen molar-refractivity contribution in [2.24, 2.45) is 0 Å². The van der Waals surface area contributed by atoms with Crippen LogP contribution in [0.1, 0.15) is 27.0 Å². The van der Waals surface area contributed by atoms with Crippen molar-refractivity contribution in [1.29, 1.82) is 0 Å². The number of pyridine rings is 1. The minimum absolute atomic E-state index is 0.0115. The van der Waals surface area contributed by atoms with Gasteiger partial charge in [0.05, 0.1) is 11.3 Å². The summed E-state index contributed by atoms with van der Waals surface area (Å²) < 4.78 is 14.2. The maximum atomic E-state index is 14.2. The lowest BCUT2D eigenvalue weighted by atomic mass is 9.97. The van der Waals surface area contributed by atoms with Crippen molar-refractivity contribution in [1.82, 2.24) is 9.97 Å². The molecule has 4 nitrogen and oxygen atoms in total. The summed E-state index contributed by atoms with van der Waals surface area (Å²) >= 11 is 0. The van der Waals surface area contributed by atoms with Crippen LogP contribution in [0, 0.1) is 19.7 Å². The van der Waals surface area contributed by atoms with Crippen LogP contribution in [0.2, 0.25) is 0 Å². The monoisotopic (exact) mass is 283 g/mol. The average molecular weight is 283 g/mol. The second-order valence-electron chi connectivity index (χ2n) is 5.10. The van der Waals surface area contributed by atoms with E-state index in [1.54, 1.807) is 25.4 Å². The van der Waals surface area contributed by atoms with Crippen molar-refractivity contribution in [3.63, 3.8) is 0 Å². The Morgan fingerprint density at radius 2 is 2.10 bits per heavy atom. The second-order valence-corrected chi connectivity index (χ2v) is 5.10. The quantitative estimate of drug-likeness (QED) is 0.560. The molecule has 0 atom stereocenters. The summed E-state index contributed by atoms with van der Waals surface area (Å²) in [5, 5.41) is 0.682. The lowest BCUT2D eigenvalue weighted by Gasteiger charge is -2.08. The molecule has 0 spiro atoms. The maximum absolute atomic E-state index is 14.2. The van der Waals surface area contributed by atoms with Gasteiger partial charge >= 0.3 is 0 Å². The third kappa shape index (κ3) is 2.07. The second kappa shape index (κ2) is 4.70. The number of anilines is 1. The number of hydrogen-bond donors (Lipinski definition) is 2. The van der Waals surface area contributed by atoms with Crippen molar-refractivity contribution >= 4 is 22.5 Å². The fraction of sp³-hybridized carbons (Fsp3) is 0.125. The topological polar surface area (TPSA) is 71.8 Å². The van der Waals surface area contributed by atoms with Crippen molar-refractivity contribution < 1.29 is 9.18 Å². The zero-order valence-electron chi connectivity index (χ0n) is 11.7. The predicted molar refractivity (Wildman–Crippen MR) is 79.8 cm³/mol. The van der Waals surface area contributed by atoms with Crippen LogP contribution >= 0.6 is 0 Å². The van der Waals surface area contributed by atoms with Crippen molar-refractivity contribution in [3.05, 3.63) is 58.7 Å². The van der Waals surface area contributed by atoms with E-state index in [-0.39, 0.29) is 11.3 Å². The zero-order chi connectivity index (χ0) is 15.1. The van der Waals surface area contributed by atoms with Crippen LogP contribution in [0.3, 0.4) is 0 Å². The number of nitrogens with two attached hydrogens (primary N) is 1. The number of carbonyl (C=O) groups is 1. The van der Waals surface area contributed by atoms with Gasteiger partial charge < -0.3 is 10.7 Å². The van der Waals surface area contributed by atoms with E-state index in [4.69, 9.17) is 5.73 Å². The van der Waals surface area contributed by atoms with Gasteiger partial charge in [-0.3, -0.25) is 4.79 Å². The third-order valence-electron chi connectivity index (χ3n) is 3.52. The number of halogens is 1. The molecule has 3 N–H and O–H groups in total. The standard InChI is InChI=1S/C16H14FN3O/c1-8-5-10-11(7-20-16(10)19-6-8)15(21)13-9(2)3-4-12(18)14(13)17/h3-7H,18H2,1-2H3,(H,19,20). The van der Waals surface area contributed by atoms with E-state index >= 15 is 0 Å². The first-order chi connectivity index (χ1) is 9.99. The highest BCUT2D eigenvalue weighted by Gasteiger charge is 2.21. The molecule has 21 heavy (non-hydrogen) atoms. The fourth-order valence-corrected chi connectivity index (χ4v) is 2.40. The molecule has 0 bridgehead atoms. The molecule has 0 aliphatic carbocycles. The summed E-state index contributed by atoms with van der Waals surface area (Å²) in [4.78, 5) is 19.8. The van der Waals surface area contributed by atoms with Crippen LogP contribution in [-0.2, 0) is 0 Å². The van der Waals surface area contributed by atoms with E-state index in [2.05, 4.69) is 9.97 Å².